The van der Waals surface area contributed by atoms with Gasteiger partial charge in [0.2, 0.25) is 5.91 Å². The number of hydrogen-bond donors (Lipinski definition) is 2. The Bertz CT molecular complexity index is 932. The van der Waals surface area contributed by atoms with E-state index in [4.69, 9.17) is 4.74 Å². The fraction of sp³-hybridized carbons (Fsp3) is 0.417. The largest absolute Gasteiger partial charge is 0.493 e. The minimum atomic E-state index is 0. The molecule has 0 radical (unpaired) electrons. The van der Waals surface area contributed by atoms with Crippen LogP contribution in [0.3, 0.4) is 0 Å². The standard InChI is InChI=1S/C24H30N4O2.HI/c1-2-25-24(26-12-9-18-7-8-22-20(15-18)11-14-30-22)27-16-23(29)28-13-10-19-5-3-4-6-21(19)17-28;/h3-8,15H,2,9-14,16-17H2,1H3,(H2,25,26,27);1H. The van der Waals surface area contributed by atoms with E-state index < -0.39 is 0 Å². The molecular weight excluding hydrogens is 503 g/mol. The lowest BCUT2D eigenvalue weighted by molar-refractivity contribution is -0.130. The maximum Gasteiger partial charge on any atom is 0.244 e. The van der Waals surface area contributed by atoms with Crippen molar-refractivity contribution < 1.29 is 9.53 Å². The second-order valence-electron chi connectivity index (χ2n) is 7.75. The molecule has 0 unspecified atom stereocenters. The normalized spacial score (nSPS) is 14.7. The monoisotopic (exact) mass is 534 g/mol. The van der Waals surface area contributed by atoms with Gasteiger partial charge in [-0.1, -0.05) is 36.4 Å². The van der Waals surface area contributed by atoms with Crippen LogP contribution in [0.25, 0.3) is 0 Å². The van der Waals surface area contributed by atoms with Crippen molar-refractivity contribution in [1.82, 2.24) is 15.5 Å². The first kappa shape index (κ1) is 23.4. The first-order valence-electron chi connectivity index (χ1n) is 10.8. The van der Waals surface area contributed by atoms with E-state index in [9.17, 15) is 4.79 Å². The molecule has 0 aliphatic carbocycles. The molecule has 4 rings (SSSR count). The molecular formula is C24H31IN4O2. The van der Waals surface area contributed by atoms with Crippen LogP contribution in [0, 0.1) is 0 Å². The van der Waals surface area contributed by atoms with E-state index in [-0.39, 0.29) is 36.4 Å². The topological polar surface area (TPSA) is 66.0 Å². The number of amides is 1. The second-order valence-corrected chi connectivity index (χ2v) is 7.75. The molecule has 0 aromatic heterocycles. The van der Waals surface area contributed by atoms with Crippen LogP contribution in [0.1, 0.15) is 29.2 Å². The zero-order valence-corrected chi connectivity index (χ0v) is 20.4. The van der Waals surface area contributed by atoms with Crippen molar-refractivity contribution in [1.29, 1.82) is 0 Å². The number of benzene rings is 2. The Labute approximate surface area is 201 Å². The number of hydrogen-bond acceptors (Lipinski definition) is 3. The number of aliphatic imine (C=N–C) groups is 1. The Morgan fingerprint density at radius 2 is 1.94 bits per heavy atom. The molecule has 2 aromatic carbocycles. The van der Waals surface area contributed by atoms with Gasteiger partial charge in [0.05, 0.1) is 6.61 Å². The van der Waals surface area contributed by atoms with Crippen LogP contribution in [-0.4, -0.2) is 49.6 Å². The molecule has 2 N–H and O–H groups in total. The average molecular weight is 534 g/mol. The molecule has 7 heteroatoms. The molecule has 31 heavy (non-hydrogen) atoms. The molecule has 0 spiro atoms. The van der Waals surface area contributed by atoms with Crippen molar-refractivity contribution in [3.8, 4) is 5.75 Å². The average Bonchev–Trinajstić information content (AvgIpc) is 3.25. The van der Waals surface area contributed by atoms with E-state index in [1.54, 1.807) is 0 Å². The lowest BCUT2D eigenvalue weighted by Gasteiger charge is -2.28. The van der Waals surface area contributed by atoms with Gasteiger partial charge in [-0.3, -0.25) is 4.79 Å². The molecule has 0 bridgehead atoms. The molecule has 2 aliphatic rings. The van der Waals surface area contributed by atoms with E-state index in [2.05, 4.69) is 52.0 Å². The minimum Gasteiger partial charge on any atom is -0.493 e. The second kappa shape index (κ2) is 11.4. The molecule has 0 saturated carbocycles. The number of ether oxygens (including phenoxy) is 1. The van der Waals surface area contributed by atoms with Gasteiger partial charge in [-0.25, -0.2) is 4.99 Å². The van der Waals surface area contributed by atoms with Crippen LogP contribution in [-0.2, 0) is 30.6 Å². The summed E-state index contributed by atoms with van der Waals surface area (Å²) >= 11 is 0. The van der Waals surface area contributed by atoms with Crippen LogP contribution in [0.5, 0.6) is 5.75 Å². The summed E-state index contributed by atoms with van der Waals surface area (Å²) < 4.78 is 5.57. The predicted molar refractivity (Wildman–Crippen MR) is 134 cm³/mol. The van der Waals surface area contributed by atoms with Gasteiger partial charge in [0.25, 0.3) is 0 Å². The van der Waals surface area contributed by atoms with Crippen LogP contribution in [0.4, 0.5) is 0 Å². The Morgan fingerprint density at radius 1 is 1.10 bits per heavy atom. The zero-order chi connectivity index (χ0) is 20.8. The zero-order valence-electron chi connectivity index (χ0n) is 18.0. The van der Waals surface area contributed by atoms with Crippen molar-refractivity contribution in [2.75, 3.05) is 32.8 Å². The van der Waals surface area contributed by atoms with Crippen molar-refractivity contribution in [3.05, 3.63) is 64.7 Å². The fourth-order valence-corrected chi connectivity index (χ4v) is 4.02. The van der Waals surface area contributed by atoms with Gasteiger partial charge in [0.1, 0.15) is 12.3 Å². The van der Waals surface area contributed by atoms with Crippen molar-refractivity contribution in [3.63, 3.8) is 0 Å². The number of guanidine groups is 1. The maximum atomic E-state index is 12.7. The van der Waals surface area contributed by atoms with E-state index >= 15 is 0 Å². The smallest absolute Gasteiger partial charge is 0.244 e. The van der Waals surface area contributed by atoms with E-state index in [0.717, 1.165) is 51.3 Å². The molecule has 2 aliphatic heterocycles. The summed E-state index contributed by atoms with van der Waals surface area (Å²) in [5.41, 5.74) is 5.16. The van der Waals surface area contributed by atoms with Gasteiger partial charge in [0.15, 0.2) is 5.96 Å². The Balaban J connectivity index is 0.00000272. The lowest BCUT2D eigenvalue weighted by atomic mass is 10.00. The highest BCUT2D eigenvalue weighted by Gasteiger charge is 2.20. The van der Waals surface area contributed by atoms with Crippen molar-refractivity contribution in [2.24, 2.45) is 4.99 Å². The van der Waals surface area contributed by atoms with Crippen molar-refractivity contribution in [2.45, 2.75) is 32.7 Å². The van der Waals surface area contributed by atoms with Crippen LogP contribution in [0.2, 0.25) is 0 Å². The van der Waals surface area contributed by atoms with E-state index in [1.165, 1.54) is 22.3 Å². The number of rotatable bonds is 6. The summed E-state index contributed by atoms with van der Waals surface area (Å²) in [4.78, 5) is 19.1. The van der Waals surface area contributed by atoms with Gasteiger partial charge in [-0.15, -0.1) is 24.0 Å². The third-order valence-electron chi connectivity index (χ3n) is 5.66. The Kier molecular flexibility index (Phi) is 8.57. The predicted octanol–water partition coefficient (Wildman–Crippen LogP) is 2.92. The SMILES string of the molecule is CCNC(=NCC(=O)N1CCc2ccccc2C1)NCCc1ccc2c(c1)CCO2.I. The molecule has 0 atom stereocenters. The Morgan fingerprint density at radius 3 is 2.77 bits per heavy atom. The van der Waals surface area contributed by atoms with Gasteiger partial charge >= 0.3 is 0 Å². The molecule has 6 nitrogen and oxygen atoms in total. The van der Waals surface area contributed by atoms with Crippen LogP contribution >= 0.6 is 24.0 Å². The van der Waals surface area contributed by atoms with Gasteiger partial charge in [-0.05, 0) is 48.1 Å². The number of halogens is 1. The summed E-state index contributed by atoms with van der Waals surface area (Å²) in [7, 11) is 0. The third kappa shape index (κ3) is 6.12. The first-order chi connectivity index (χ1) is 14.7. The molecule has 1 amide bonds. The Hall–Kier alpha value is -2.29. The van der Waals surface area contributed by atoms with E-state index in [1.807, 2.05) is 17.9 Å². The van der Waals surface area contributed by atoms with E-state index in [0.29, 0.717) is 12.5 Å². The summed E-state index contributed by atoms with van der Waals surface area (Å²) in [6, 6.07) is 14.8. The molecule has 0 fully saturated rings. The highest BCUT2D eigenvalue weighted by molar-refractivity contribution is 14.0. The van der Waals surface area contributed by atoms with Gasteiger partial charge in [0, 0.05) is 32.6 Å². The molecule has 0 saturated heterocycles. The number of nitrogens with zero attached hydrogens (tertiary/aromatic N) is 2. The number of carbonyl (C=O) groups excluding carboxylic acids is 1. The summed E-state index contributed by atoms with van der Waals surface area (Å²) in [5, 5.41) is 6.58. The third-order valence-corrected chi connectivity index (χ3v) is 5.66. The highest BCUT2D eigenvalue weighted by Crippen LogP contribution is 2.25. The van der Waals surface area contributed by atoms with Crippen LogP contribution in [0.15, 0.2) is 47.5 Å². The van der Waals surface area contributed by atoms with Crippen molar-refractivity contribution >= 4 is 35.8 Å². The fourth-order valence-electron chi connectivity index (χ4n) is 4.02. The number of carbonyl (C=O) groups is 1. The summed E-state index contributed by atoms with van der Waals surface area (Å²) in [6.07, 6.45) is 2.80. The number of fused-ring (bicyclic) bond motifs is 2. The molecule has 166 valence electrons. The quantitative estimate of drug-likeness (QED) is 0.340. The minimum absolute atomic E-state index is 0. The summed E-state index contributed by atoms with van der Waals surface area (Å²) in [6.45, 7) is 5.93. The summed E-state index contributed by atoms with van der Waals surface area (Å²) in [5.74, 6) is 1.77. The molecule has 2 aromatic rings. The first-order valence-corrected chi connectivity index (χ1v) is 10.8. The maximum absolute atomic E-state index is 12.7. The molecule has 2 heterocycles. The lowest BCUT2D eigenvalue weighted by Crippen LogP contribution is -2.41. The number of nitrogens with one attached hydrogen (secondary N) is 2. The highest BCUT2D eigenvalue weighted by atomic mass is 127. The van der Waals surface area contributed by atoms with Gasteiger partial charge in [-0.2, -0.15) is 0 Å². The van der Waals surface area contributed by atoms with Crippen LogP contribution < -0.4 is 15.4 Å². The van der Waals surface area contributed by atoms with Gasteiger partial charge < -0.3 is 20.3 Å².